The molecule has 0 saturated carbocycles. The molecule has 2 aromatic rings. The highest BCUT2D eigenvalue weighted by Gasteiger charge is 2.15. The Morgan fingerprint density at radius 3 is 2.71 bits per heavy atom. The topological polar surface area (TPSA) is 20.2 Å². The fourth-order valence-electron chi connectivity index (χ4n) is 1.79. The maximum absolute atomic E-state index is 13.2. The lowest BCUT2D eigenvalue weighted by atomic mass is 10.0. The summed E-state index contributed by atoms with van der Waals surface area (Å²) in [5.41, 5.74) is 1.56. The number of halogens is 1. The van der Waals surface area contributed by atoms with Crippen molar-refractivity contribution in [2.45, 2.75) is 26.4 Å². The number of thiophene rings is 1. The molecule has 17 heavy (non-hydrogen) atoms. The Labute approximate surface area is 105 Å². The third-order valence-corrected chi connectivity index (χ3v) is 4.12. The first kappa shape index (κ1) is 12.3. The van der Waals surface area contributed by atoms with Crippen molar-refractivity contribution in [1.82, 2.24) is 0 Å². The van der Waals surface area contributed by atoms with Crippen LogP contribution in [0.15, 0.2) is 30.3 Å². The van der Waals surface area contributed by atoms with Crippen LogP contribution in [0, 0.1) is 12.7 Å². The number of hydrogen-bond acceptors (Lipinski definition) is 2. The number of aliphatic hydroxyl groups is 1. The summed E-state index contributed by atoms with van der Waals surface area (Å²) in [5, 5.41) is 10.2. The van der Waals surface area contributed by atoms with Gasteiger partial charge in [-0.15, -0.1) is 11.3 Å². The molecule has 0 spiro atoms. The molecule has 0 aliphatic carbocycles. The Morgan fingerprint density at radius 1 is 1.29 bits per heavy atom. The van der Waals surface area contributed by atoms with Crippen molar-refractivity contribution in [2.75, 3.05) is 0 Å². The van der Waals surface area contributed by atoms with Crippen LogP contribution in [0.25, 0.3) is 0 Å². The van der Waals surface area contributed by atoms with Gasteiger partial charge in [-0.05, 0) is 48.7 Å². The van der Waals surface area contributed by atoms with Gasteiger partial charge in [-0.1, -0.05) is 13.0 Å². The summed E-state index contributed by atoms with van der Waals surface area (Å²) in [5.74, 6) is -0.308. The number of hydrogen-bond donors (Lipinski definition) is 1. The summed E-state index contributed by atoms with van der Waals surface area (Å²) in [4.78, 5) is 2.10. The molecule has 1 unspecified atom stereocenters. The summed E-state index contributed by atoms with van der Waals surface area (Å²) in [6.45, 7) is 3.96. The van der Waals surface area contributed by atoms with Gasteiger partial charge in [0.25, 0.3) is 0 Å². The van der Waals surface area contributed by atoms with Gasteiger partial charge in [0, 0.05) is 9.75 Å². The van der Waals surface area contributed by atoms with Crippen LogP contribution < -0.4 is 0 Å². The predicted molar refractivity (Wildman–Crippen MR) is 68.9 cm³/mol. The molecule has 1 N–H and O–H groups in total. The van der Waals surface area contributed by atoms with Gasteiger partial charge in [0.15, 0.2) is 0 Å². The van der Waals surface area contributed by atoms with Gasteiger partial charge in [0.2, 0.25) is 0 Å². The molecule has 1 atom stereocenters. The lowest BCUT2D eigenvalue weighted by Crippen LogP contribution is -2.00. The van der Waals surface area contributed by atoms with Crippen molar-refractivity contribution in [3.63, 3.8) is 0 Å². The molecule has 0 fully saturated rings. The molecule has 1 nitrogen and oxygen atoms in total. The molecule has 2 rings (SSSR count). The van der Waals surface area contributed by atoms with Crippen LogP contribution in [0.4, 0.5) is 4.39 Å². The molecule has 90 valence electrons. The van der Waals surface area contributed by atoms with E-state index in [0.717, 1.165) is 16.9 Å². The van der Waals surface area contributed by atoms with E-state index in [4.69, 9.17) is 0 Å². The van der Waals surface area contributed by atoms with E-state index in [0.29, 0.717) is 5.56 Å². The zero-order chi connectivity index (χ0) is 12.4. The third kappa shape index (κ3) is 2.56. The summed E-state index contributed by atoms with van der Waals surface area (Å²) in [6.07, 6.45) is 0.232. The molecular formula is C14H15FOS. The van der Waals surface area contributed by atoms with E-state index in [1.807, 2.05) is 19.1 Å². The quantitative estimate of drug-likeness (QED) is 0.877. The molecule has 0 amide bonds. The molecule has 0 bridgehead atoms. The molecule has 0 saturated heterocycles. The van der Waals surface area contributed by atoms with Gasteiger partial charge in [0.1, 0.15) is 11.9 Å². The minimum absolute atomic E-state index is 0.308. The normalized spacial score (nSPS) is 12.7. The molecular weight excluding hydrogens is 235 g/mol. The second kappa shape index (κ2) is 4.98. The van der Waals surface area contributed by atoms with Crippen molar-refractivity contribution in [2.24, 2.45) is 0 Å². The predicted octanol–water partition coefficient (Wildman–Crippen LogP) is 3.84. The highest BCUT2D eigenvalue weighted by atomic mass is 32.1. The Morgan fingerprint density at radius 2 is 2.06 bits per heavy atom. The Kier molecular flexibility index (Phi) is 3.60. The second-order valence-corrected chi connectivity index (χ2v) is 5.26. The maximum Gasteiger partial charge on any atom is 0.123 e. The van der Waals surface area contributed by atoms with Crippen LogP contribution >= 0.6 is 11.3 Å². The lowest BCUT2D eigenvalue weighted by Gasteiger charge is -2.12. The van der Waals surface area contributed by atoms with Crippen molar-refractivity contribution < 1.29 is 9.50 Å². The van der Waals surface area contributed by atoms with E-state index >= 15 is 0 Å². The monoisotopic (exact) mass is 250 g/mol. The first-order chi connectivity index (χ1) is 8.11. The smallest absolute Gasteiger partial charge is 0.123 e. The van der Waals surface area contributed by atoms with Gasteiger partial charge in [-0.3, -0.25) is 0 Å². The summed E-state index contributed by atoms with van der Waals surface area (Å²) in [6, 6.07) is 8.45. The van der Waals surface area contributed by atoms with Crippen molar-refractivity contribution in [1.29, 1.82) is 0 Å². The lowest BCUT2D eigenvalue weighted by molar-refractivity contribution is 0.223. The van der Waals surface area contributed by atoms with Crippen LogP contribution in [0.3, 0.4) is 0 Å². The molecule has 0 radical (unpaired) electrons. The summed E-state index contributed by atoms with van der Waals surface area (Å²) >= 11 is 1.58. The van der Waals surface area contributed by atoms with E-state index in [1.54, 1.807) is 17.4 Å². The minimum atomic E-state index is -0.726. The van der Waals surface area contributed by atoms with Crippen molar-refractivity contribution in [3.8, 4) is 0 Å². The van der Waals surface area contributed by atoms with Gasteiger partial charge in [0.05, 0.1) is 0 Å². The number of benzene rings is 1. The molecule has 0 aliphatic rings. The van der Waals surface area contributed by atoms with Gasteiger partial charge in [-0.25, -0.2) is 4.39 Å². The zero-order valence-electron chi connectivity index (χ0n) is 9.90. The van der Waals surface area contributed by atoms with E-state index in [1.165, 1.54) is 17.0 Å². The molecule has 3 heteroatoms. The van der Waals surface area contributed by atoms with Gasteiger partial charge >= 0.3 is 0 Å². The largest absolute Gasteiger partial charge is 0.383 e. The third-order valence-electron chi connectivity index (χ3n) is 2.84. The van der Waals surface area contributed by atoms with E-state index < -0.39 is 6.10 Å². The average Bonchev–Trinajstić information content (AvgIpc) is 2.80. The average molecular weight is 250 g/mol. The van der Waals surface area contributed by atoms with Crippen LogP contribution in [-0.4, -0.2) is 5.11 Å². The standard InChI is InChI=1S/C14H15FOS/c1-3-11-6-7-13(17-11)14(16)12-8-10(15)5-4-9(12)2/h4-8,14,16H,3H2,1-2H3. The Balaban J connectivity index is 2.35. The molecule has 0 aliphatic heterocycles. The van der Waals surface area contributed by atoms with Crippen LogP contribution in [-0.2, 0) is 6.42 Å². The Hall–Kier alpha value is -1.19. The Bertz CT molecular complexity index is 519. The second-order valence-electron chi connectivity index (χ2n) is 4.06. The highest BCUT2D eigenvalue weighted by molar-refractivity contribution is 7.12. The van der Waals surface area contributed by atoms with Crippen molar-refractivity contribution >= 4 is 11.3 Å². The number of aliphatic hydroxyl groups excluding tert-OH is 1. The van der Waals surface area contributed by atoms with Crippen molar-refractivity contribution in [3.05, 3.63) is 57.0 Å². The summed E-state index contributed by atoms with van der Waals surface area (Å²) in [7, 11) is 0. The van der Waals surface area contributed by atoms with Crippen LogP contribution in [0.2, 0.25) is 0 Å². The van der Waals surface area contributed by atoms with Gasteiger partial charge < -0.3 is 5.11 Å². The van der Waals surface area contributed by atoms with E-state index in [9.17, 15) is 9.50 Å². The number of aryl methyl sites for hydroxylation is 2. The highest BCUT2D eigenvalue weighted by Crippen LogP contribution is 2.30. The first-order valence-corrected chi connectivity index (χ1v) is 6.46. The SMILES string of the molecule is CCc1ccc(C(O)c2cc(F)ccc2C)s1. The van der Waals surface area contributed by atoms with Gasteiger partial charge in [-0.2, -0.15) is 0 Å². The fraction of sp³-hybridized carbons (Fsp3) is 0.286. The fourth-order valence-corrected chi connectivity index (χ4v) is 2.75. The van der Waals surface area contributed by atoms with E-state index in [2.05, 4.69) is 6.92 Å². The van der Waals surface area contributed by atoms with Crippen LogP contribution in [0.1, 0.15) is 33.9 Å². The van der Waals surface area contributed by atoms with Crippen LogP contribution in [0.5, 0.6) is 0 Å². The molecule has 1 aromatic heterocycles. The molecule has 1 heterocycles. The number of rotatable bonds is 3. The zero-order valence-corrected chi connectivity index (χ0v) is 10.7. The first-order valence-electron chi connectivity index (χ1n) is 5.64. The minimum Gasteiger partial charge on any atom is -0.383 e. The maximum atomic E-state index is 13.2. The summed E-state index contributed by atoms with van der Waals surface area (Å²) < 4.78 is 13.2. The van der Waals surface area contributed by atoms with E-state index in [-0.39, 0.29) is 5.82 Å². The molecule has 1 aromatic carbocycles.